The summed E-state index contributed by atoms with van der Waals surface area (Å²) in [6.07, 6.45) is 0.198. The van der Waals surface area contributed by atoms with Crippen molar-refractivity contribution in [1.29, 1.82) is 0 Å². The molecule has 0 fully saturated rings. The fraction of sp³-hybridized carbons (Fsp3) is 0.235. The second kappa shape index (κ2) is 8.09. The van der Waals surface area contributed by atoms with Crippen LogP contribution in [0, 0.1) is 0 Å². The lowest BCUT2D eigenvalue weighted by molar-refractivity contribution is -0.120. The molecule has 0 aliphatic carbocycles. The third-order valence-corrected chi connectivity index (χ3v) is 3.89. The first-order valence-corrected chi connectivity index (χ1v) is 7.70. The number of rotatable bonds is 6. The van der Waals surface area contributed by atoms with Crippen molar-refractivity contribution >= 4 is 29.1 Å². The molecule has 0 saturated carbocycles. The van der Waals surface area contributed by atoms with E-state index in [2.05, 4.69) is 5.32 Å². The van der Waals surface area contributed by atoms with Crippen molar-refractivity contribution in [1.82, 2.24) is 5.32 Å². The van der Waals surface area contributed by atoms with Gasteiger partial charge in [-0.25, -0.2) is 0 Å². The lowest BCUT2D eigenvalue weighted by Crippen LogP contribution is -2.24. The van der Waals surface area contributed by atoms with E-state index in [1.807, 2.05) is 12.1 Å². The maximum atomic E-state index is 12.0. The van der Waals surface area contributed by atoms with Crippen molar-refractivity contribution in [3.63, 3.8) is 0 Å². The summed E-state index contributed by atoms with van der Waals surface area (Å²) in [5.74, 6) is 1.15. The molecule has 0 aliphatic heterocycles. The van der Waals surface area contributed by atoms with E-state index < -0.39 is 0 Å². The Labute approximate surface area is 145 Å². The molecule has 1 N–H and O–H groups in total. The summed E-state index contributed by atoms with van der Waals surface area (Å²) in [4.78, 5) is 12.0. The lowest BCUT2D eigenvalue weighted by atomic mass is 10.1. The van der Waals surface area contributed by atoms with Gasteiger partial charge in [-0.15, -0.1) is 0 Å². The maximum absolute atomic E-state index is 12.0. The summed E-state index contributed by atoms with van der Waals surface area (Å²) >= 11 is 11.9. The summed E-state index contributed by atoms with van der Waals surface area (Å²) in [7, 11) is 3.15. The number of benzene rings is 2. The van der Waals surface area contributed by atoms with E-state index in [4.69, 9.17) is 32.7 Å². The Morgan fingerprint density at radius 2 is 1.78 bits per heavy atom. The van der Waals surface area contributed by atoms with E-state index in [1.54, 1.807) is 38.5 Å². The lowest BCUT2D eigenvalue weighted by Gasteiger charge is -2.11. The molecule has 2 aromatic rings. The largest absolute Gasteiger partial charge is 0.493 e. The quantitative estimate of drug-likeness (QED) is 0.857. The molecule has 23 heavy (non-hydrogen) atoms. The molecule has 2 rings (SSSR count). The van der Waals surface area contributed by atoms with Crippen LogP contribution in [0.15, 0.2) is 36.4 Å². The average molecular weight is 354 g/mol. The van der Waals surface area contributed by atoms with Gasteiger partial charge in [-0.2, -0.15) is 0 Å². The van der Waals surface area contributed by atoms with Crippen molar-refractivity contribution in [2.45, 2.75) is 13.0 Å². The number of methoxy groups -OCH3 is 2. The standard InChI is InChI=1S/C17H17Cl2NO3/c1-22-15-6-3-11(7-16(15)23-2)10-20-17(21)8-12-4-5-13(18)9-14(12)19/h3-7,9H,8,10H2,1-2H3,(H,20,21). The van der Waals surface area contributed by atoms with Gasteiger partial charge >= 0.3 is 0 Å². The minimum absolute atomic E-state index is 0.121. The van der Waals surface area contributed by atoms with Crippen LogP contribution in [0.2, 0.25) is 10.0 Å². The molecule has 0 atom stereocenters. The predicted octanol–water partition coefficient (Wildman–Crippen LogP) is 3.87. The van der Waals surface area contributed by atoms with Crippen molar-refractivity contribution in [2.24, 2.45) is 0 Å². The first-order chi connectivity index (χ1) is 11.0. The van der Waals surface area contributed by atoms with Crippen LogP contribution in [0.4, 0.5) is 0 Å². The highest BCUT2D eigenvalue weighted by molar-refractivity contribution is 6.35. The summed E-state index contributed by atoms with van der Waals surface area (Å²) in [6.45, 7) is 0.393. The van der Waals surface area contributed by atoms with E-state index >= 15 is 0 Å². The number of carbonyl (C=O) groups excluding carboxylic acids is 1. The van der Waals surface area contributed by atoms with Crippen LogP contribution in [0.25, 0.3) is 0 Å². The number of ether oxygens (including phenoxy) is 2. The molecular formula is C17H17Cl2NO3. The number of halogens is 2. The second-order valence-corrected chi connectivity index (χ2v) is 5.72. The second-order valence-electron chi connectivity index (χ2n) is 4.88. The minimum atomic E-state index is -0.121. The fourth-order valence-corrected chi connectivity index (χ4v) is 2.57. The number of carbonyl (C=O) groups is 1. The zero-order valence-electron chi connectivity index (χ0n) is 12.9. The third-order valence-electron chi connectivity index (χ3n) is 3.30. The molecule has 0 saturated heterocycles. The van der Waals surface area contributed by atoms with Gasteiger partial charge in [0.2, 0.25) is 5.91 Å². The van der Waals surface area contributed by atoms with Crippen LogP contribution in [0.1, 0.15) is 11.1 Å². The molecule has 4 nitrogen and oxygen atoms in total. The van der Waals surface area contributed by atoms with Crippen LogP contribution in [-0.2, 0) is 17.8 Å². The molecule has 0 unspecified atom stereocenters. The van der Waals surface area contributed by atoms with Crippen LogP contribution < -0.4 is 14.8 Å². The van der Waals surface area contributed by atoms with Gasteiger partial charge in [-0.3, -0.25) is 4.79 Å². The van der Waals surface area contributed by atoms with Gasteiger partial charge in [0.05, 0.1) is 20.6 Å². The molecule has 0 aromatic heterocycles. The molecule has 0 heterocycles. The summed E-state index contributed by atoms with van der Waals surface area (Å²) in [5.41, 5.74) is 1.65. The minimum Gasteiger partial charge on any atom is -0.493 e. The van der Waals surface area contributed by atoms with E-state index in [1.165, 1.54) is 0 Å². The predicted molar refractivity (Wildman–Crippen MR) is 91.6 cm³/mol. The molecular weight excluding hydrogens is 337 g/mol. The Morgan fingerprint density at radius 1 is 1.04 bits per heavy atom. The Morgan fingerprint density at radius 3 is 2.43 bits per heavy atom. The van der Waals surface area contributed by atoms with E-state index in [0.717, 1.165) is 11.1 Å². The van der Waals surface area contributed by atoms with E-state index in [-0.39, 0.29) is 12.3 Å². The van der Waals surface area contributed by atoms with Crippen LogP contribution in [0.3, 0.4) is 0 Å². The van der Waals surface area contributed by atoms with Crippen LogP contribution >= 0.6 is 23.2 Å². The zero-order valence-corrected chi connectivity index (χ0v) is 14.4. The Balaban J connectivity index is 1.96. The Kier molecular flexibility index (Phi) is 6.13. The third kappa shape index (κ3) is 4.78. The van der Waals surface area contributed by atoms with Crippen LogP contribution in [-0.4, -0.2) is 20.1 Å². The smallest absolute Gasteiger partial charge is 0.224 e. The van der Waals surface area contributed by atoms with Gasteiger partial charge < -0.3 is 14.8 Å². The van der Waals surface area contributed by atoms with Crippen molar-refractivity contribution < 1.29 is 14.3 Å². The van der Waals surface area contributed by atoms with Gasteiger partial charge in [0.15, 0.2) is 11.5 Å². The number of hydrogen-bond acceptors (Lipinski definition) is 3. The monoisotopic (exact) mass is 353 g/mol. The molecule has 122 valence electrons. The van der Waals surface area contributed by atoms with Crippen molar-refractivity contribution in [3.05, 3.63) is 57.6 Å². The number of hydrogen-bond donors (Lipinski definition) is 1. The molecule has 0 bridgehead atoms. The average Bonchev–Trinajstić information content (AvgIpc) is 2.55. The number of nitrogens with one attached hydrogen (secondary N) is 1. The highest BCUT2D eigenvalue weighted by Gasteiger charge is 2.09. The maximum Gasteiger partial charge on any atom is 0.224 e. The van der Waals surface area contributed by atoms with Gasteiger partial charge in [0.25, 0.3) is 0 Å². The van der Waals surface area contributed by atoms with Crippen LogP contribution in [0.5, 0.6) is 11.5 Å². The van der Waals surface area contributed by atoms with Gasteiger partial charge in [-0.05, 0) is 35.4 Å². The zero-order chi connectivity index (χ0) is 16.8. The summed E-state index contributed by atoms with van der Waals surface area (Å²) in [6, 6.07) is 10.6. The summed E-state index contributed by atoms with van der Waals surface area (Å²) < 4.78 is 10.4. The van der Waals surface area contributed by atoms with E-state index in [9.17, 15) is 4.79 Å². The molecule has 0 aliphatic rings. The normalized spacial score (nSPS) is 10.3. The van der Waals surface area contributed by atoms with Crippen molar-refractivity contribution in [2.75, 3.05) is 14.2 Å². The highest BCUT2D eigenvalue weighted by atomic mass is 35.5. The van der Waals surface area contributed by atoms with Gasteiger partial charge in [0.1, 0.15) is 0 Å². The van der Waals surface area contributed by atoms with Crippen molar-refractivity contribution in [3.8, 4) is 11.5 Å². The molecule has 0 radical (unpaired) electrons. The molecule has 1 amide bonds. The SMILES string of the molecule is COc1ccc(CNC(=O)Cc2ccc(Cl)cc2Cl)cc1OC. The fourth-order valence-electron chi connectivity index (χ4n) is 2.09. The Bertz CT molecular complexity index is 704. The van der Waals surface area contributed by atoms with Gasteiger partial charge in [-0.1, -0.05) is 35.3 Å². The molecule has 6 heteroatoms. The Hall–Kier alpha value is -1.91. The number of amides is 1. The highest BCUT2D eigenvalue weighted by Crippen LogP contribution is 2.27. The molecule has 0 spiro atoms. The topological polar surface area (TPSA) is 47.6 Å². The first-order valence-electron chi connectivity index (χ1n) is 6.95. The molecule has 2 aromatic carbocycles. The van der Waals surface area contributed by atoms with E-state index in [0.29, 0.717) is 28.1 Å². The summed E-state index contributed by atoms with van der Waals surface area (Å²) in [5, 5.41) is 3.88. The first kappa shape index (κ1) is 17.4. The van der Waals surface area contributed by atoms with Gasteiger partial charge in [0, 0.05) is 16.6 Å².